The number of nitrogens with zero attached hydrogens (tertiary/aromatic N) is 1. The Labute approximate surface area is 125 Å². The van der Waals surface area contributed by atoms with Gasteiger partial charge in [0.25, 0.3) is 0 Å². The number of aromatic nitrogens is 1. The monoisotopic (exact) mass is 276 g/mol. The summed E-state index contributed by atoms with van der Waals surface area (Å²) in [7, 11) is 0. The molecule has 1 unspecified atom stereocenters. The summed E-state index contributed by atoms with van der Waals surface area (Å²) in [4.78, 5) is 4.18. The average molecular weight is 276 g/mol. The summed E-state index contributed by atoms with van der Waals surface area (Å²) in [6.07, 6.45) is 4.57. The largest absolute Gasteiger partial charge is 0.324 e. The van der Waals surface area contributed by atoms with E-state index in [4.69, 9.17) is 5.73 Å². The Kier molecular flexibility index (Phi) is 3.72. The second kappa shape index (κ2) is 5.66. The summed E-state index contributed by atoms with van der Waals surface area (Å²) in [5, 5.41) is 2.34. The number of fused-ring (bicyclic) bond motifs is 1. The zero-order valence-electron chi connectivity index (χ0n) is 12.5. The average Bonchev–Trinajstić information content (AvgIpc) is 2.45. The van der Waals surface area contributed by atoms with E-state index in [1.54, 1.807) is 0 Å². The Morgan fingerprint density at radius 3 is 2.57 bits per heavy atom. The fourth-order valence-corrected chi connectivity index (χ4v) is 3.02. The Morgan fingerprint density at radius 1 is 1.05 bits per heavy atom. The predicted octanol–water partition coefficient (Wildman–Crippen LogP) is 4.09. The minimum atomic E-state index is -0.00250. The van der Waals surface area contributed by atoms with E-state index < -0.39 is 0 Å². The fraction of sp³-hybridized carbons (Fsp3) is 0.211. The number of pyridine rings is 1. The molecule has 0 aliphatic carbocycles. The van der Waals surface area contributed by atoms with E-state index in [1.165, 1.54) is 27.6 Å². The molecule has 1 aromatic heterocycles. The normalized spacial score (nSPS) is 12.5. The highest BCUT2D eigenvalue weighted by Crippen LogP contribution is 2.25. The molecule has 0 amide bonds. The highest BCUT2D eigenvalue weighted by molar-refractivity contribution is 5.85. The third-order valence-electron chi connectivity index (χ3n) is 3.85. The lowest BCUT2D eigenvalue weighted by molar-refractivity contribution is 0.727. The first-order valence-corrected chi connectivity index (χ1v) is 7.29. The molecule has 2 heteroatoms. The molecule has 2 N–H and O–H groups in total. The molecule has 0 spiro atoms. The van der Waals surface area contributed by atoms with Crippen molar-refractivity contribution in [2.24, 2.45) is 5.73 Å². The van der Waals surface area contributed by atoms with Gasteiger partial charge >= 0.3 is 0 Å². The van der Waals surface area contributed by atoms with Crippen molar-refractivity contribution in [1.29, 1.82) is 0 Å². The van der Waals surface area contributed by atoms with Crippen molar-refractivity contribution >= 4 is 10.8 Å². The van der Waals surface area contributed by atoms with Gasteiger partial charge in [0.15, 0.2) is 0 Å². The zero-order chi connectivity index (χ0) is 14.8. The molecule has 0 bridgehead atoms. The van der Waals surface area contributed by atoms with Crippen molar-refractivity contribution in [3.63, 3.8) is 0 Å². The van der Waals surface area contributed by atoms with Crippen molar-refractivity contribution in [1.82, 2.24) is 4.98 Å². The van der Waals surface area contributed by atoms with Crippen LogP contribution in [0.2, 0.25) is 0 Å². The molecule has 1 heterocycles. The highest BCUT2D eigenvalue weighted by atomic mass is 14.6. The van der Waals surface area contributed by atoms with Gasteiger partial charge in [0.1, 0.15) is 0 Å². The minimum absolute atomic E-state index is 0.00250. The quantitative estimate of drug-likeness (QED) is 0.782. The second-order valence-electron chi connectivity index (χ2n) is 5.75. The van der Waals surface area contributed by atoms with Crippen LogP contribution in [0, 0.1) is 13.8 Å². The van der Waals surface area contributed by atoms with Gasteiger partial charge in [-0.05, 0) is 42.8 Å². The van der Waals surface area contributed by atoms with Crippen LogP contribution in [0.5, 0.6) is 0 Å². The molecule has 0 aliphatic heterocycles. The van der Waals surface area contributed by atoms with Crippen LogP contribution < -0.4 is 5.73 Å². The summed E-state index contributed by atoms with van der Waals surface area (Å²) < 4.78 is 0. The molecule has 3 rings (SSSR count). The number of hydrogen-bond donors (Lipinski definition) is 1. The Hall–Kier alpha value is -2.19. The molecule has 0 radical (unpaired) electrons. The van der Waals surface area contributed by atoms with Crippen LogP contribution in [-0.2, 0) is 6.42 Å². The van der Waals surface area contributed by atoms with E-state index >= 15 is 0 Å². The summed E-state index contributed by atoms with van der Waals surface area (Å²) in [6, 6.07) is 14.9. The van der Waals surface area contributed by atoms with Crippen molar-refractivity contribution in [3.8, 4) is 0 Å². The number of hydrogen-bond acceptors (Lipinski definition) is 2. The lowest BCUT2D eigenvalue weighted by atomic mass is 9.94. The molecule has 1 atom stereocenters. The topological polar surface area (TPSA) is 38.9 Å². The molecule has 106 valence electrons. The van der Waals surface area contributed by atoms with Crippen LogP contribution in [0.3, 0.4) is 0 Å². The van der Waals surface area contributed by atoms with Crippen molar-refractivity contribution in [2.45, 2.75) is 26.3 Å². The summed E-state index contributed by atoms with van der Waals surface area (Å²) in [6.45, 7) is 4.26. The van der Waals surface area contributed by atoms with Crippen LogP contribution in [0.4, 0.5) is 0 Å². The number of benzene rings is 2. The minimum Gasteiger partial charge on any atom is -0.324 e. The van der Waals surface area contributed by atoms with Crippen molar-refractivity contribution < 1.29 is 0 Å². The zero-order valence-corrected chi connectivity index (χ0v) is 12.5. The Balaban J connectivity index is 1.95. The summed E-state index contributed by atoms with van der Waals surface area (Å²) in [5.74, 6) is 0. The third kappa shape index (κ3) is 2.96. The number of rotatable bonds is 3. The second-order valence-corrected chi connectivity index (χ2v) is 5.75. The first-order valence-electron chi connectivity index (χ1n) is 7.29. The van der Waals surface area contributed by atoms with Crippen molar-refractivity contribution in [3.05, 3.63) is 77.1 Å². The van der Waals surface area contributed by atoms with Gasteiger partial charge in [-0.1, -0.05) is 47.5 Å². The first kappa shape index (κ1) is 13.8. The predicted molar refractivity (Wildman–Crippen MR) is 88.3 cm³/mol. The molecule has 0 fully saturated rings. The first-order chi connectivity index (χ1) is 10.1. The molecular weight excluding hydrogens is 256 g/mol. The van der Waals surface area contributed by atoms with Crippen LogP contribution in [0.1, 0.15) is 28.3 Å². The summed E-state index contributed by atoms with van der Waals surface area (Å²) in [5.41, 5.74) is 11.5. The van der Waals surface area contributed by atoms with E-state index in [9.17, 15) is 0 Å². The maximum atomic E-state index is 6.47. The van der Waals surface area contributed by atoms with Crippen LogP contribution in [0.25, 0.3) is 10.8 Å². The van der Waals surface area contributed by atoms with Gasteiger partial charge in [-0.2, -0.15) is 0 Å². The Morgan fingerprint density at radius 2 is 1.81 bits per heavy atom. The van der Waals surface area contributed by atoms with E-state index in [-0.39, 0.29) is 6.04 Å². The van der Waals surface area contributed by atoms with E-state index in [1.807, 2.05) is 18.5 Å². The maximum Gasteiger partial charge on any atom is 0.0346 e. The third-order valence-corrected chi connectivity index (χ3v) is 3.85. The molecule has 2 aromatic carbocycles. The smallest absolute Gasteiger partial charge is 0.0346 e. The highest BCUT2D eigenvalue weighted by Gasteiger charge is 2.11. The SMILES string of the molecule is Cc1cc(C)cc(CC(N)c2cccc3cnccc23)c1. The lowest BCUT2D eigenvalue weighted by Gasteiger charge is -2.15. The standard InChI is InChI=1S/C19H20N2/c1-13-8-14(2)10-15(9-13)11-19(20)18-5-3-4-16-12-21-7-6-17(16)18/h3-10,12,19H,11,20H2,1-2H3. The Bertz CT molecular complexity index is 752. The van der Waals surface area contributed by atoms with E-state index in [0.717, 1.165) is 11.8 Å². The fourth-order valence-electron chi connectivity index (χ4n) is 3.02. The van der Waals surface area contributed by atoms with Crippen molar-refractivity contribution in [2.75, 3.05) is 0 Å². The lowest BCUT2D eigenvalue weighted by Crippen LogP contribution is -2.14. The van der Waals surface area contributed by atoms with Crippen LogP contribution in [0.15, 0.2) is 54.9 Å². The van der Waals surface area contributed by atoms with Gasteiger partial charge < -0.3 is 5.73 Å². The molecule has 2 nitrogen and oxygen atoms in total. The van der Waals surface area contributed by atoms with Crippen LogP contribution in [-0.4, -0.2) is 4.98 Å². The molecule has 0 saturated heterocycles. The molecule has 3 aromatic rings. The van der Waals surface area contributed by atoms with E-state index in [2.05, 4.69) is 55.2 Å². The van der Waals surface area contributed by atoms with Crippen LogP contribution >= 0.6 is 0 Å². The molecule has 21 heavy (non-hydrogen) atoms. The number of aryl methyl sites for hydroxylation is 2. The van der Waals surface area contributed by atoms with Gasteiger partial charge in [0.2, 0.25) is 0 Å². The van der Waals surface area contributed by atoms with Gasteiger partial charge in [-0.25, -0.2) is 0 Å². The van der Waals surface area contributed by atoms with Gasteiger partial charge in [0.05, 0.1) is 0 Å². The van der Waals surface area contributed by atoms with E-state index in [0.29, 0.717) is 0 Å². The van der Waals surface area contributed by atoms with Gasteiger partial charge in [-0.3, -0.25) is 4.98 Å². The maximum absolute atomic E-state index is 6.47. The molecular formula is C19H20N2. The molecule has 0 aliphatic rings. The van der Waals surface area contributed by atoms with Gasteiger partial charge in [-0.15, -0.1) is 0 Å². The molecule has 0 saturated carbocycles. The summed E-state index contributed by atoms with van der Waals surface area (Å²) >= 11 is 0. The van der Waals surface area contributed by atoms with Gasteiger partial charge in [0, 0.05) is 23.8 Å². The number of nitrogens with two attached hydrogens (primary N) is 1.